The van der Waals surface area contributed by atoms with Crippen molar-refractivity contribution < 1.29 is 0 Å². The number of aryl methyl sites for hydroxylation is 1. The summed E-state index contributed by atoms with van der Waals surface area (Å²) in [6, 6.07) is 4.09. The van der Waals surface area contributed by atoms with Crippen LogP contribution in [0.2, 0.25) is 0 Å². The number of anilines is 2. The van der Waals surface area contributed by atoms with Crippen LogP contribution in [0.5, 0.6) is 0 Å². The number of nitriles is 2. The minimum Gasteiger partial charge on any atom is -0.370 e. The standard InChI is InChI=1S/C12H16N6/c1-4-15-11-9(2)12(17-10(3)16-11)18(7-5-13)8-6-14/h4,7-8H2,1-3H3,(H,15,16,17). The molecule has 6 nitrogen and oxygen atoms in total. The SMILES string of the molecule is CCNc1nc(C)nc(N(CC#N)CC#N)c1C. The fourth-order valence-electron chi connectivity index (χ4n) is 1.64. The molecule has 1 rings (SSSR count). The molecule has 1 aromatic rings. The molecular weight excluding hydrogens is 228 g/mol. The maximum absolute atomic E-state index is 8.80. The average molecular weight is 244 g/mol. The van der Waals surface area contributed by atoms with Crippen molar-refractivity contribution in [1.82, 2.24) is 9.97 Å². The lowest BCUT2D eigenvalue weighted by Gasteiger charge is -2.21. The highest BCUT2D eigenvalue weighted by Gasteiger charge is 2.14. The summed E-state index contributed by atoms with van der Waals surface area (Å²) in [5.74, 6) is 2.01. The van der Waals surface area contributed by atoms with Gasteiger partial charge in [0.15, 0.2) is 0 Å². The van der Waals surface area contributed by atoms with Crippen molar-refractivity contribution in [2.75, 3.05) is 29.9 Å². The molecule has 18 heavy (non-hydrogen) atoms. The van der Waals surface area contributed by atoms with E-state index in [2.05, 4.69) is 15.3 Å². The van der Waals surface area contributed by atoms with Crippen LogP contribution < -0.4 is 10.2 Å². The fraction of sp³-hybridized carbons (Fsp3) is 0.500. The summed E-state index contributed by atoms with van der Waals surface area (Å²) in [6.45, 7) is 6.69. The van der Waals surface area contributed by atoms with Crippen LogP contribution in [-0.2, 0) is 0 Å². The van der Waals surface area contributed by atoms with E-state index in [1.807, 2.05) is 26.0 Å². The third kappa shape index (κ3) is 3.08. The Hall–Kier alpha value is -2.34. The van der Waals surface area contributed by atoms with E-state index in [1.165, 1.54) is 0 Å². The smallest absolute Gasteiger partial charge is 0.139 e. The van der Waals surface area contributed by atoms with E-state index < -0.39 is 0 Å². The zero-order chi connectivity index (χ0) is 13.5. The Bertz CT molecular complexity index is 481. The van der Waals surface area contributed by atoms with Gasteiger partial charge in [0, 0.05) is 12.1 Å². The Morgan fingerprint density at radius 2 is 1.78 bits per heavy atom. The van der Waals surface area contributed by atoms with Crippen molar-refractivity contribution in [3.8, 4) is 12.1 Å². The van der Waals surface area contributed by atoms with E-state index >= 15 is 0 Å². The lowest BCUT2D eigenvalue weighted by molar-refractivity contribution is 0.896. The third-order valence-electron chi connectivity index (χ3n) is 2.40. The highest BCUT2D eigenvalue weighted by molar-refractivity contribution is 5.59. The van der Waals surface area contributed by atoms with Gasteiger partial charge in [-0.05, 0) is 20.8 Å². The van der Waals surface area contributed by atoms with E-state index in [0.29, 0.717) is 11.6 Å². The average Bonchev–Trinajstić information content (AvgIpc) is 2.33. The highest BCUT2D eigenvalue weighted by atomic mass is 15.2. The lowest BCUT2D eigenvalue weighted by Crippen LogP contribution is -2.26. The summed E-state index contributed by atoms with van der Waals surface area (Å²) in [7, 11) is 0. The molecule has 0 atom stereocenters. The summed E-state index contributed by atoms with van der Waals surface area (Å²) >= 11 is 0. The van der Waals surface area contributed by atoms with Crippen molar-refractivity contribution in [3.63, 3.8) is 0 Å². The highest BCUT2D eigenvalue weighted by Crippen LogP contribution is 2.23. The van der Waals surface area contributed by atoms with E-state index in [0.717, 1.165) is 17.9 Å². The van der Waals surface area contributed by atoms with Gasteiger partial charge in [-0.2, -0.15) is 10.5 Å². The van der Waals surface area contributed by atoms with Crippen LogP contribution in [0, 0.1) is 36.5 Å². The molecule has 0 aromatic carbocycles. The molecule has 1 aromatic heterocycles. The van der Waals surface area contributed by atoms with E-state index in [9.17, 15) is 0 Å². The van der Waals surface area contributed by atoms with Gasteiger partial charge in [0.25, 0.3) is 0 Å². The predicted octanol–water partition coefficient (Wildman–Crippen LogP) is 1.38. The summed E-state index contributed by atoms with van der Waals surface area (Å²) in [4.78, 5) is 10.3. The summed E-state index contributed by atoms with van der Waals surface area (Å²) in [5.41, 5.74) is 0.855. The first-order valence-electron chi connectivity index (χ1n) is 5.72. The maximum atomic E-state index is 8.80. The van der Waals surface area contributed by atoms with Crippen molar-refractivity contribution in [2.45, 2.75) is 20.8 Å². The van der Waals surface area contributed by atoms with Gasteiger partial charge >= 0.3 is 0 Å². The summed E-state index contributed by atoms with van der Waals surface area (Å²) in [5, 5.41) is 20.7. The number of nitrogens with zero attached hydrogens (tertiary/aromatic N) is 5. The van der Waals surface area contributed by atoms with Crippen LogP contribution in [-0.4, -0.2) is 29.6 Å². The Morgan fingerprint density at radius 1 is 1.17 bits per heavy atom. The first-order valence-corrected chi connectivity index (χ1v) is 5.72. The molecule has 1 N–H and O–H groups in total. The second-order valence-corrected chi connectivity index (χ2v) is 3.77. The minimum atomic E-state index is 0.135. The molecule has 0 spiro atoms. The van der Waals surface area contributed by atoms with Crippen molar-refractivity contribution in [2.24, 2.45) is 0 Å². The first kappa shape index (κ1) is 13.7. The molecule has 6 heteroatoms. The molecule has 0 bridgehead atoms. The van der Waals surface area contributed by atoms with Gasteiger partial charge in [-0.1, -0.05) is 0 Å². The topological polar surface area (TPSA) is 88.6 Å². The number of hydrogen-bond acceptors (Lipinski definition) is 6. The second-order valence-electron chi connectivity index (χ2n) is 3.77. The van der Waals surface area contributed by atoms with Gasteiger partial charge in [-0.3, -0.25) is 0 Å². The molecule has 0 saturated carbocycles. The van der Waals surface area contributed by atoms with E-state index in [1.54, 1.807) is 11.8 Å². The van der Waals surface area contributed by atoms with Crippen LogP contribution in [0.4, 0.5) is 11.6 Å². The number of aromatic nitrogens is 2. The van der Waals surface area contributed by atoms with Gasteiger partial charge in [0.05, 0.1) is 12.1 Å². The Morgan fingerprint density at radius 3 is 2.28 bits per heavy atom. The van der Waals surface area contributed by atoms with Crippen LogP contribution in [0.25, 0.3) is 0 Å². The van der Waals surface area contributed by atoms with Gasteiger partial charge in [0.2, 0.25) is 0 Å². The molecule has 0 saturated heterocycles. The molecule has 0 aliphatic rings. The molecule has 1 heterocycles. The molecule has 0 radical (unpaired) electrons. The molecule has 0 aliphatic heterocycles. The molecule has 0 amide bonds. The Balaban J connectivity index is 3.21. The van der Waals surface area contributed by atoms with E-state index in [-0.39, 0.29) is 13.1 Å². The van der Waals surface area contributed by atoms with Crippen LogP contribution in [0.3, 0.4) is 0 Å². The first-order chi connectivity index (χ1) is 8.63. The minimum absolute atomic E-state index is 0.135. The Kier molecular flexibility index (Phi) is 4.89. The second kappa shape index (κ2) is 6.41. The van der Waals surface area contributed by atoms with Crippen LogP contribution >= 0.6 is 0 Å². The normalized spacial score (nSPS) is 9.39. The number of hydrogen-bond donors (Lipinski definition) is 1. The summed E-state index contributed by atoms with van der Waals surface area (Å²) < 4.78 is 0. The molecule has 0 unspecified atom stereocenters. The van der Waals surface area contributed by atoms with E-state index in [4.69, 9.17) is 10.5 Å². The third-order valence-corrected chi connectivity index (χ3v) is 2.40. The quantitative estimate of drug-likeness (QED) is 0.787. The van der Waals surface area contributed by atoms with Crippen LogP contribution in [0.1, 0.15) is 18.3 Å². The lowest BCUT2D eigenvalue weighted by atomic mass is 10.2. The molecule has 94 valence electrons. The van der Waals surface area contributed by atoms with Gasteiger partial charge in [-0.15, -0.1) is 0 Å². The van der Waals surface area contributed by atoms with Crippen molar-refractivity contribution >= 4 is 11.6 Å². The van der Waals surface area contributed by atoms with Crippen molar-refractivity contribution in [1.29, 1.82) is 10.5 Å². The van der Waals surface area contributed by atoms with Gasteiger partial charge < -0.3 is 10.2 Å². The molecule has 0 aliphatic carbocycles. The van der Waals surface area contributed by atoms with Gasteiger partial charge in [-0.25, -0.2) is 9.97 Å². The molecule has 0 fully saturated rings. The monoisotopic (exact) mass is 244 g/mol. The zero-order valence-electron chi connectivity index (χ0n) is 10.9. The van der Waals surface area contributed by atoms with Crippen LogP contribution in [0.15, 0.2) is 0 Å². The fourth-order valence-corrected chi connectivity index (χ4v) is 1.64. The Labute approximate surface area is 107 Å². The molecular formula is C12H16N6. The largest absolute Gasteiger partial charge is 0.370 e. The maximum Gasteiger partial charge on any atom is 0.139 e. The van der Waals surface area contributed by atoms with Gasteiger partial charge in [0.1, 0.15) is 30.5 Å². The summed E-state index contributed by atoms with van der Waals surface area (Å²) in [6.07, 6.45) is 0. The predicted molar refractivity (Wildman–Crippen MR) is 69.1 cm³/mol. The van der Waals surface area contributed by atoms with Crippen molar-refractivity contribution in [3.05, 3.63) is 11.4 Å². The number of rotatable bonds is 5. The number of nitrogens with one attached hydrogen (secondary N) is 1. The zero-order valence-corrected chi connectivity index (χ0v) is 10.9.